The highest BCUT2D eigenvalue weighted by Crippen LogP contribution is 2.36. The highest BCUT2D eigenvalue weighted by Gasteiger charge is 2.37. The van der Waals surface area contributed by atoms with Crippen molar-refractivity contribution in [1.29, 1.82) is 0 Å². The lowest BCUT2D eigenvalue weighted by molar-refractivity contribution is -0.162. The summed E-state index contributed by atoms with van der Waals surface area (Å²) >= 11 is 0. The first kappa shape index (κ1) is 30.8. The van der Waals surface area contributed by atoms with Gasteiger partial charge in [-0.05, 0) is 63.4 Å². The summed E-state index contributed by atoms with van der Waals surface area (Å²) in [7, 11) is 2.11. The molecule has 2 aliphatic heterocycles. The minimum atomic E-state index is -4.16. The zero-order valence-electron chi connectivity index (χ0n) is 23.2. The van der Waals surface area contributed by atoms with Crippen molar-refractivity contribution < 1.29 is 13.2 Å². The van der Waals surface area contributed by atoms with Crippen LogP contribution in [0.4, 0.5) is 19.0 Å². The Morgan fingerprint density at radius 3 is 2.59 bits per heavy atom. The summed E-state index contributed by atoms with van der Waals surface area (Å²) in [6.45, 7) is 10.8. The average Bonchev–Trinajstić information content (AvgIpc) is 3.23. The molecule has 0 spiro atoms. The predicted molar refractivity (Wildman–Crippen MR) is 149 cm³/mol. The van der Waals surface area contributed by atoms with Crippen molar-refractivity contribution in [3.8, 4) is 0 Å². The largest absolute Gasteiger partial charge is 0.395 e. The van der Waals surface area contributed by atoms with E-state index in [1.165, 1.54) is 11.6 Å². The molecule has 1 aliphatic carbocycles. The summed E-state index contributed by atoms with van der Waals surface area (Å²) in [4.78, 5) is 6.75. The fourth-order valence-electron chi connectivity index (χ4n) is 4.94. The third-order valence-corrected chi connectivity index (χ3v) is 7.05. The van der Waals surface area contributed by atoms with E-state index in [1.807, 2.05) is 52.2 Å². The second kappa shape index (κ2) is 15.1. The fraction of sp³-hybridized carbons (Fsp3) is 0.567. The van der Waals surface area contributed by atoms with Crippen molar-refractivity contribution in [3.63, 3.8) is 0 Å². The van der Waals surface area contributed by atoms with E-state index < -0.39 is 12.1 Å². The van der Waals surface area contributed by atoms with Gasteiger partial charge in [-0.2, -0.15) is 13.2 Å². The number of hydrogen-bond donors (Lipinski definition) is 2. The molecule has 4 nitrogen and oxygen atoms in total. The lowest BCUT2D eigenvalue weighted by atomic mass is 9.85. The van der Waals surface area contributed by atoms with Crippen molar-refractivity contribution in [1.82, 2.24) is 15.2 Å². The molecule has 1 aromatic heterocycles. The van der Waals surface area contributed by atoms with Crippen LogP contribution in [0, 0.1) is 11.8 Å². The Hall–Kier alpha value is -2.38. The minimum Gasteiger partial charge on any atom is -0.347 e. The summed E-state index contributed by atoms with van der Waals surface area (Å²) < 4.78 is 39.1. The molecule has 3 heterocycles. The van der Waals surface area contributed by atoms with Crippen molar-refractivity contribution in [3.05, 3.63) is 72.1 Å². The van der Waals surface area contributed by atoms with Crippen LogP contribution < -0.4 is 10.6 Å². The monoisotopic (exact) mass is 518 g/mol. The molecule has 206 valence electrons. The Labute approximate surface area is 221 Å². The Balaban J connectivity index is 0.00000115. The van der Waals surface area contributed by atoms with Crippen LogP contribution in [0.2, 0.25) is 0 Å². The van der Waals surface area contributed by atoms with E-state index in [9.17, 15) is 13.2 Å². The van der Waals surface area contributed by atoms with E-state index in [1.54, 1.807) is 6.08 Å². The predicted octanol–water partition coefficient (Wildman–Crippen LogP) is 7.81. The van der Waals surface area contributed by atoms with Gasteiger partial charge in [0.1, 0.15) is 5.82 Å². The Morgan fingerprint density at radius 2 is 1.86 bits per heavy atom. The maximum absolute atomic E-state index is 13.0. The van der Waals surface area contributed by atoms with Crippen LogP contribution in [0.5, 0.6) is 0 Å². The smallest absolute Gasteiger partial charge is 0.347 e. The SMILES string of the molecule is CC.CC.CC1CC(CC2C=CNc3ncccc32)C=CC(NCC2=CCCC(C(F)(F)F)C=C2)N1C. The molecule has 0 saturated carbocycles. The summed E-state index contributed by atoms with van der Waals surface area (Å²) in [5, 5.41) is 6.76. The number of nitrogens with one attached hydrogen (secondary N) is 2. The molecular formula is C30H45F3N4. The molecule has 5 unspecified atom stereocenters. The number of fused-ring (bicyclic) bond motifs is 1. The second-order valence-electron chi connectivity index (χ2n) is 9.37. The molecule has 0 radical (unpaired) electrons. The molecule has 0 fully saturated rings. The third-order valence-electron chi connectivity index (χ3n) is 7.05. The van der Waals surface area contributed by atoms with Gasteiger partial charge in [0.15, 0.2) is 0 Å². The van der Waals surface area contributed by atoms with Gasteiger partial charge in [0.25, 0.3) is 0 Å². The van der Waals surface area contributed by atoms with Gasteiger partial charge in [-0.15, -0.1) is 0 Å². The standard InChI is InChI=1S/C26H33F3N4.2C2H6/c1-18-15-20(16-21-12-14-31-25-23(21)7-4-13-30-25)9-11-24(33(18)2)32-17-19-5-3-6-22(10-8-19)26(27,28)29;2*1-2/h4-5,7-14,18,20-22,24,32H,3,6,15-17H2,1-2H3,(H,30,31);2*1-2H3. The van der Waals surface area contributed by atoms with Crippen molar-refractivity contribution >= 4 is 5.82 Å². The Kier molecular flexibility index (Phi) is 12.6. The number of alkyl halides is 3. The zero-order chi connectivity index (χ0) is 27.4. The lowest BCUT2D eigenvalue weighted by Gasteiger charge is -2.31. The number of rotatable bonds is 5. The number of anilines is 1. The zero-order valence-corrected chi connectivity index (χ0v) is 23.2. The second-order valence-corrected chi connectivity index (χ2v) is 9.37. The van der Waals surface area contributed by atoms with Gasteiger partial charge < -0.3 is 5.32 Å². The molecule has 0 bridgehead atoms. The molecule has 0 saturated heterocycles. The van der Waals surface area contributed by atoms with E-state index in [-0.39, 0.29) is 12.6 Å². The van der Waals surface area contributed by atoms with Gasteiger partial charge in [0.2, 0.25) is 0 Å². The normalized spacial score (nSPS) is 27.3. The van der Waals surface area contributed by atoms with Gasteiger partial charge in [-0.3, -0.25) is 10.2 Å². The first-order valence-corrected chi connectivity index (χ1v) is 13.8. The van der Waals surface area contributed by atoms with Gasteiger partial charge in [-0.1, -0.05) is 70.2 Å². The van der Waals surface area contributed by atoms with E-state index in [4.69, 9.17) is 0 Å². The third kappa shape index (κ3) is 8.85. The lowest BCUT2D eigenvalue weighted by Crippen LogP contribution is -2.46. The first-order valence-electron chi connectivity index (χ1n) is 13.8. The topological polar surface area (TPSA) is 40.2 Å². The van der Waals surface area contributed by atoms with Gasteiger partial charge in [0.05, 0.1) is 12.1 Å². The summed E-state index contributed by atoms with van der Waals surface area (Å²) in [5.74, 6) is 0.343. The van der Waals surface area contributed by atoms with Crippen LogP contribution in [-0.2, 0) is 0 Å². The molecule has 5 atom stereocenters. The van der Waals surface area contributed by atoms with Crippen LogP contribution in [0.25, 0.3) is 0 Å². The maximum Gasteiger partial charge on any atom is 0.395 e. The van der Waals surface area contributed by atoms with E-state index in [0.717, 1.165) is 24.2 Å². The molecular weight excluding hydrogens is 473 g/mol. The van der Waals surface area contributed by atoms with Crippen molar-refractivity contribution in [2.75, 3.05) is 18.9 Å². The molecule has 37 heavy (non-hydrogen) atoms. The molecule has 2 N–H and O–H groups in total. The van der Waals surface area contributed by atoms with Crippen LogP contribution in [0.1, 0.15) is 71.8 Å². The number of likely N-dealkylation sites (N-methyl/N-ethyl adjacent to an activating group) is 1. The highest BCUT2D eigenvalue weighted by atomic mass is 19.4. The quantitative estimate of drug-likeness (QED) is 0.390. The molecule has 0 aromatic carbocycles. The first-order chi connectivity index (χ1) is 17.8. The van der Waals surface area contributed by atoms with E-state index >= 15 is 0 Å². The van der Waals surface area contributed by atoms with Crippen molar-refractivity contribution in [2.24, 2.45) is 11.8 Å². The van der Waals surface area contributed by atoms with Crippen LogP contribution in [0.15, 0.2) is 66.6 Å². The Morgan fingerprint density at radius 1 is 1.11 bits per heavy atom. The summed E-state index contributed by atoms with van der Waals surface area (Å²) in [6, 6.07) is 4.50. The van der Waals surface area contributed by atoms with Crippen LogP contribution in [-0.4, -0.2) is 41.9 Å². The molecule has 1 aromatic rings. The molecule has 0 amide bonds. The van der Waals surface area contributed by atoms with Crippen molar-refractivity contribution in [2.45, 2.75) is 84.6 Å². The fourth-order valence-corrected chi connectivity index (χ4v) is 4.94. The number of nitrogens with zero attached hydrogens (tertiary/aromatic N) is 2. The highest BCUT2D eigenvalue weighted by molar-refractivity contribution is 5.52. The van der Waals surface area contributed by atoms with Crippen LogP contribution >= 0.6 is 0 Å². The molecule has 7 heteroatoms. The molecule has 4 rings (SSSR count). The number of pyridine rings is 1. The number of aromatic nitrogens is 1. The summed E-state index contributed by atoms with van der Waals surface area (Å²) in [5.41, 5.74) is 2.15. The molecule has 3 aliphatic rings. The Bertz CT molecular complexity index is 935. The summed E-state index contributed by atoms with van der Waals surface area (Å²) in [6.07, 6.45) is 13.9. The number of halogens is 3. The van der Waals surface area contributed by atoms with Gasteiger partial charge in [-0.25, -0.2) is 4.98 Å². The van der Waals surface area contributed by atoms with Gasteiger partial charge in [0, 0.05) is 30.3 Å². The number of hydrogen-bond acceptors (Lipinski definition) is 4. The van der Waals surface area contributed by atoms with E-state index in [2.05, 4.69) is 58.8 Å². The number of allylic oxidation sites excluding steroid dienone is 4. The van der Waals surface area contributed by atoms with E-state index in [0.29, 0.717) is 30.8 Å². The van der Waals surface area contributed by atoms with Crippen LogP contribution in [0.3, 0.4) is 0 Å². The minimum absolute atomic E-state index is 0.0403. The average molecular weight is 519 g/mol. The van der Waals surface area contributed by atoms with Gasteiger partial charge >= 0.3 is 6.18 Å². The maximum atomic E-state index is 13.0.